The molecule has 2 aliphatic rings. The Morgan fingerprint density at radius 1 is 1.16 bits per heavy atom. The van der Waals surface area contributed by atoms with E-state index in [2.05, 4.69) is 27.9 Å². The number of ether oxygens (including phenoxy) is 2. The highest BCUT2D eigenvalue weighted by molar-refractivity contribution is 5.81. The number of aromatic nitrogens is 2. The SMILES string of the molecule is COc1ncc(C2(O)[C@@H]3CCC[C@@H]2CN(Cc2oc4ccccc4c2C)C3)c(OC)n1. The molecular weight excluding hydrogens is 394 g/mol. The van der Waals surface area contributed by atoms with Crippen molar-refractivity contribution in [1.82, 2.24) is 14.9 Å². The number of likely N-dealkylation sites (tertiary alicyclic amines) is 1. The number of fused-ring (bicyclic) bond motifs is 3. The number of piperidine rings is 1. The number of hydrogen-bond acceptors (Lipinski definition) is 7. The zero-order valence-corrected chi connectivity index (χ0v) is 18.3. The monoisotopic (exact) mass is 423 g/mol. The number of benzene rings is 1. The summed E-state index contributed by atoms with van der Waals surface area (Å²) in [6.07, 6.45) is 4.71. The highest BCUT2D eigenvalue weighted by atomic mass is 16.5. The van der Waals surface area contributed by atoms with Gasteiger partial charge in [0, 0.05) is 36.5 Å². The highest BCUT2D eigenvalue weighted by Crippen LogP contribution is 2.51. The molecule has 2 fully saturated rings. The molecule has 0 spiro atoms. The van der Waals surface area contributed by atoms with Crippen LogP contribution in [0.1, 0.15) is 36.1 Å². The second kappa shape index (κ2) is 7.80. The van der Waals surface area contributed by atoms with Crippen LogP contribution in [0.25, 0.3) is 11.0 Å². The normalized spacial score (nSPS) is 26.2. The van der Waals surface area contributed by atoms with E-state index in [1.54, 1.807) is 13.3 Å². The van der Waals surface area contributed by atoms with Gasteiger partial charge in [0.05, 0.1) is 26.3 Å². The van der Waals surface area contributed by atoms with Crippen LogP contribution >= 0.6 is 0 Å². The van der Waals surface area contributed by atoms with Crippen LogP contribution < -0.4 is 9.47 Å². The predicted molar refractivity (Wildman–Crippen MR) is 116 cm³/mol. The number of para-hydroxylation sites is 1. The summed E-state index contributed by atoms with van der Waals surface area (Å²) in [5.74, 6) is 1.56. The van der Waals surface area contributed by atoms with Crippen molar-refractivity contribution in [3.63, 3.8) is 0 Å². The lowest BCUT2D eigenvalue weighted by Gasteiger charge is -2.53. The summed E-state index contributed by atoms with van der Waals surface area (Å²) in [5.41, 5.74) is 1.80. The molecule has 3 aromatic rings. The summed E-state index contributed by atoms with van der Waals surface area (Å²) in [4.78, 5) is 11.0. The highest BCUT2D eigenvalue weighted by Gasteiger charge is 2.53. The summed E-state index contributed by atoms with van der Waals surface area (Å²) in [6.45, 7) is 4.46. The molecule has 7 nitrogen and oxygen atoms in total. The van der Waals surface area contributed by atoms with Gasteiger partial charge in [-0.3, -0.25) is 4.90 Å². The van der Waals surface area contributed by atoms with Gasteiger partial charge in [-0.2, -0.15) is 4.98 Å². The molecule has 2 aromatic heterocycles. The van der Waals surface area contributed by atoms with Crippen molar-refractivity contribution in [1.29, 1.82) is 0 Å². The number of hydrogen-bond donors (Lipinski definition) is 1. The Kier molecular flexibility index (Phi) is 5.10. The van der Waals surface area contributed by atoms with Crippen LogP contribution in [0.4, 0.5) is 0 Å². The summed E-state index contributed by atoms with van der Waals surface area (Å²) < 4.78 is 16.8. The predicted octanol–water partition coefficient (Wildman–Crippen LogP) is 3.67. The molecule has 1 aromatic carbocycles. The fourth-order valence-corrected chi connectivity index (χ4v) is 5.57. The topological polar surface area (TPSA) is 80.9 Å². The average Bonchev–Trinajstić information content (AvgIpc) is 3.09. The first-order chi connectivity index (χ1) is 15.0. The van der Waals surface area contributed by atoms with Crippen molar-refractivity contribution in [2.24, 2.45) is 11.8 Å². The molecular formula is C24H29N3O4. The molecule has 5 rings (SSSR count). The zero-order chi connectivity index (χ0) is 21.6. The Bertz CT molecular complexity index is 1080. The summed E-state index contributed by atoms with van der Waals surface area (Å²) >= 11 is 0. The third-order valence-corrected chi connectivity index (χ3v) is 7.16. The Balaban J connectivity index is 1.44. The van der Waals surface area contributed by atoms with Gasteiger partial charge in [0.2, 0.25) is 5.88 Å². The molecule has 1 N–H and O–H groups in total. The molecule has 1 aliphatic heterocycles. The standard InChI is InChI=1S/C24H29N3O4/c1-15-18-9-4-5-10-20(18)31-21(15)14-27-12-16-7-6-8-17(13-27)24(16,28)19-11-25-23(30-3)26-22(19)29-2/h4-5,9-11,16-17,28H,6-8,12-14H2,1-3H3/t16-,17-/m1/s1. The quantitative estimate of drug-likeness (QED) is 0.671. The van der Waals surface area contributed by atoms with E-state index in [0.29, 0.717) is 11.4 Å². The van der Waals surface area contributed by atoms with Crippen LogP contribution in [0.15, 0.2) is 34.9 Å². The van der Waals surface area contributed by atoms with Gasteiger partial charge in [-0.15, -0.1) is 0 Å². The van der Waals surface area contributed by atoms with Gasteiger partial charge in [0.1, 0.15) is 16.9 Å². The van der Waals surface area contributed by atoms with E-state index in [0.717, 1.165) is 50.2 Å². The second-order valence-corrected chi connectivity index (χ2v) is 8.77. The Hall–Kier alpha value is -2.64. The summed E-state index contributed by atoms with van der Waals surface area (Å²) in [6, 6.07) is 8.42. The summed E-state index contributed by atoms with van der Waals surface area (Å²) in [5, 5.41) is 13.2. The number of rotatable bonds is 5. The second-order valence-electron chi connectivity index (χ2n) is 8.77. The fourth-order valence-electron chi connectivity index (χ4n) is 5.57. The molecule has 0 radical (unpaired) electrons. The van der Waals surface area contributed by atoms with Gasteiger partial charge in [-0.25, -0.2) is 4.98 Å². The largest absolute Gasteiger partial charge is 0.481 e. The van der Waals surface area contributed by atoms with E-state index in [-0.39, 0.29) is 17.8 Å². The maximum absolute atomic E-state index is 12.0. The third-order valence-electron chi connectivity index (χ3n) is 7.16. The van der Waals surface area contributed by atoms with Gasteiger partial charge >= 0.3 is 6.01 Å². The molecule has 1 saturated carbocycles. The lowest BCUT2D eigenvalue weighted by Crippen LogP contribution is -2.58. The average molecular weight is 424 g/mol. The minimum Gasteiger partial charge on any atom is -0.481 e. The fraction of sp³-hybridized carbons (Fsp3) is 0.500. The Morgan fingerprint density at radius 3 is 2.58 bits per heavy atom. The number of furan rings is 1. The van der Waals surface area contributed by atoms with E-state index in [1.807, 2.05) is 18.2 Å². The number of aryl methyl sites for hydroxylation is 1. The van der Waals surface area contributed by atoms with E-state index in [1.165, 1.54) is 18.1 Å². The van der Waals surface area contributed by atoms with E-state index in [9.17, 15) is 5.11 Å². The van der Waals surface area contributed by atoms with Gasteiger partial charge in [-0.05, 0) is 31.4 Å². The van der Waals surface area contributed by atoms with Crippen LogP contribution in [-0.4, -0.2) is 47.3 Å². The maximum atomic E-state index is 12.0. The molecule has 3 heterocycles. The van der Waals surface area contributed by atoms with Crippen molar-refractivity contribution in [2.75, 3.05) is 27.3 Å². The number of aliphatic hydroxyl groups is 1. The minimum absolute atomic E-state index is 0.0792. The lowest BCUT2D eigenvalue weighted by atomic mass is 9.63. The minimum atomic E-state index is -1.00. The Morgan fingerprint density at radius 2 is 1.90 bits per heavy atom. The molecule has 2 bridgehead atoms. The molecule has 2 atom stereocenters. The molecule has 7 heteroatoms. The first-order valence-corrected chi connectivity index (χ1v) is 10.9. The molecule has 1 aliphatic carbocycles. The lowest BCUT2D eigenvalue weighted by molar-refractivity contribution is -0.150. The Labute approximate surface area is 182 Å². The van der Waals surface area contributed by atoms with Crippen LogP contribution in [0.2, 0.25) is 0 Å². The molecule has 31 heavy (non-hydrogen) atoms. The smallest absolute Gasteiger partial charge is 0.319 e. The van der Waals surface area contributed by atoms with Crippen LogP contribution in [0.3, 0.4) is 0 Å². The van der Waals surface area contributed by atoms with E-state index < -0.39 is 5.60 Å². The van der Waals surface area contributed by atoms with Crippen LogP contribution in [0, 0.1) is 18.8 Å². The van der Waals surface area contributed by atoms with E-state index >= 15 is 0 Å². The van der Waals surface area contributed by atoms with Crippen LogP contribution in [-0.2, 0) is 12.1 Å². The molecule has 0 unspecified atom stereocenters. The van der Waals surface area contributed by atoms with Crippen molar-refractivity contribution >= 4 is 11.0 Å². The van der Waals surface area contributed by atoms with Crippen molar-refractivity contribution in [2.45, 2.75) is 38.3 Å². The van der Waals surface area contributed by atoms with Gasteiger partial charge in [0.25, 0.3) is 0 Å². The van der Waals surface area contributed by atoms with Gasteiger partial charge in [0.15, 0.2) is 0 Å². The molecule has 1 saturated heterocycles. The van der Waals surface area contributed by atoms with E-state index in [4.69, 9.17) is 13.9 Å². The zero-order valence-electron chi connectivity index (χ0n) is 18.3. The molecule has 164 valence electrons. The molecule has 0 amide bonds. The van der Waals surface area contributed by atoms with Crippen molar-refractivity contribution in [3.8, 4) is 11.9 Å². The number of nitrogens with zero attached hydrogens (tertiary/aromatic N) is 3. The third kappa shape index (κ3) is 3.27. The van der Waals surface area contributed by atoms with Crippen molar-refractivity contribution in [3.05, 3.63) is 47.3 Å². The van der Waals surface area contributed by atoms with Gasteiger partial charge in [-0.1, -0.05) is 24.6 Å². The first-order valence-electron chi connectivity index (χ1n) is 10.9. The van der Waals surface area contributed by atoms with Crippen LogP contribution in [0.5, 0.6) is 11.9 Å². The summed E-state index contributed by atoms with van der Waals surface area (Å²) in [7, 11) is 3.10. The van der Waals surface area contributed by atoms with Crippen molar-refractivity contribution < 1.29 is 19.0 Å². The first kappa shape index (κ1) is 20.3. The number of methoxy groups -OCH3 is 2. The van der Waals surface area contributed by atoms with Gasteiger partial charge < -0.3 is 19.0 Å². The maximum Gasteiger partial charge on any atom is 0.319 e.